The van der Waals surface area contributed by atoms with Gasteiger partial charge in [0.2, 0.25) is 0 Å². The Labute approximate surface area is 168 Å². The highest BCUT2D eigenvalue weighted by molar-refractivity contribution is 7.12. The number of nitrogens with zero attached hydrogens (tertiary/aromatic N) is 2. The predicted octanol–water partition coefficient (Wildman–Crippen LogP) is 4.46. The van der Waals surface area contributed by atoms with E-state index in [0.29, 0.717) is 11.4 Å². The van der Waals surface area contributed by atoms with Crippen molar-refractivity contribution in [2.24, 2.45) is 0 Å². The van der Waals surface area contributed by atoms with E-state index in [1.54, 1.807) is 6.07 Å². The first kappa shape index (κ1) is 18.7. The summed E-state index contributed by atoms with van der Waals surface area (Å²) in [6.45, 7) is 4.23. The van der Waals surface area contributed by atoms with Gasteiger partial charge in [0.05, 0.1) is 4.88 Å². The molecule has 4 rings (SSSR count). The van der Waals surface area contributed by atoms with Gasteiger partial charge in [-0.25, -0.2) is 4.39 Å². The maximum absolute atomic E-state index is 13.8. The summed E-state index contributed by atoms with van der Waals surface area (Å²) in [6.07, 6.45) is 0. The molecule has 0 saturated carbocycles. The fraction of sp³-hybridized carbons (Fsp3) is 0.227. The lowest BCUT2D eigenvalue weighted by Crippen LogP contribution is -2.46. The molecule has 1 aliphatic rings. The van der Waals surface area contributed by atoms with Crippen molar-refractivity contribution in [3.63, 3.8) is 0 Å². The molecule has 6 heteroatoms. The first-order valence-corrected chi connectivity index (χ1v) is 10.2. The molecule has 1 amide bonds. The number of carbonyl (C=O) groups excluding carboxylic acids is 1. The third kappa shape index (κ3) is 4.40. The number of piperazine rings is 1. The summed E-state index contributed by atoms with van der Waals surface area (Å²) < 4.78 is 13.8. The number of hydrogen-bond donors (Lipinski definition) is 1. The Hall–Kier alpha value is -2.70. The van der Waals surface area contributed by atoms with Gasteiger partial charge in [-0.05, 0) is 41.8 Å². The fourth-order valence-corrected chi connectivity index (χ4v) is 4.01. The van der Waals surface area contributed by atoms with Gasteiger partial charge in [-0.3, -0.25) is 9.69 Å². The van der Waals surface area contributed by atoms with Crippen molar-refractivity contribution in [3.8, 4) is 0 Å². The van der Waals surface area contributed by atoms with Gasteiger partial charge in [0.25, 0.3) is 5.91 Å². The van der Waals surface area contributed by atoms with Crippen LogP contribution >= 0.6 is 11.3 Å². The van der Waals surface area contributed by atoms with Crippen molar-refractivity contribution in [3.05, 3.63) is 82.3 Å². The molecule has 0 atom stereocenters. The fourth-order valence-electron chi connectivity index (χ4n) is 3.39. The quantitative estimate of drug-likeness (QED) is 0.693. The minimum absolute atomic E-state index is 0.0792. The normalized spacial score (nSPS) is 14.8. The van der Waals surface area contributed by atoms with Gasteiger partial charge < -0.3 is 10.2 Å². The highest BCUT2D eigenvalue weighted by Crippen LogP contribution is 2.21. The maximum Gasteiger partial charge on any atom is 0.265 e. The van der Waals surface area contributed by atoms with Gasteiger partial charge in [-0.1, -0.05) is 24.3 Å². The van der Waals surface area contributed by atoms with Gasteiger partial charge in [0.1, 0.15) is 5.82 Å². The molecule has 0 bridgehead atoms. The van der Waals surface area contributed by atoms with E-state index in [1.807, 2.05) is 53.9 Å². The van der Waals surface area contributed by atoms with Crippen molar-refractivity contribution < 1.29 is 9.18 Å². The molecule has 0 aliphatic carbocycles. The van der Waals surface area contributed by atoms with Crippen molar-refractivity contribution in [2.45, 2.75) is 6.54 Å². The molecule has 3 aromatic rings. The molecule has 1 aromatic heterocycles. The summed E-state index contributed by atoms with van der Waals surface area (Å²) in [5, 5.41) is 4.82. The topological polar surface area (TPSA) is 35.6 Å². The van der Waals surface area contributed by atoms with E-state index in [0.717, 1.165) is 43.1 Å². The summed E-state index contributed by atoms with van der Waals surface area (Å²) in [6, 6.07) is 18.6. The lowest BCUT2D eigenvalue weighted by Gasteiger charge is -2.36. The Morgan fingerprint density at radius 3 is 2.39 bits per heavy atom. The van der Waals surface area contributed by atoms with Crippen LogP contribution in [0.3, 0.4) is 0 Å². The molecular formula is C22H22FN3OS. The van der Waals surface area contributed by atoms with Crippen LogP contribution in [0.5, 0.6) is 0 Å². The van der Waals surface area contributed by atoms with Crippen LogP contribution in [0.15, 0.2) is 66.0 Å². The predicted molar refractivity (Wildman–Crippen MR) is 113 cm³/mol. The first-order valence-electron chi connectivity index (χ1n) is 9.35. The van der Waals surface area contributed by atoms with Crippen LogP contribution in [0.4, 0.5) is 15.8 Å². The summed E-state index contributed by atoms with van der Waals surface area (Å²) >= 11 is 1.43. The lowest BCUT2D eigenvalue weighted by atomic mass is 10.1. The number of amides is 1. The van der Waals surface area contributed by atoms with Crippen LogP contribution in [0.2, 0.25) is 0 Å². The summed E-state index contributed by atoms with van der Waals surface area (Å²) in [7, 11) is 0. The minimum atomic E-state index is -0.134. The molecule has 0 radical (unpaired) electrons. The van der Waals surface area contributed by atoms with Gasteiger partial charge in [-0.2, -0.15) is 0 Å². The second-order valence-corrected chi connectivity index (χ2v) is 7.78. The highest BCUT2D eigenvalue weighted by Gasteiger charge is 2.18. The van der Waals surface area contributed by atoms with Crippen LogP contribution in [-0.4, -0.2) is 37.0 Å². The van der Waals surface area contributed by atoms with Crippen LogP contribution in [-0.2, 0) is 6.54 Å². The Kier molecular flexibility index (Phi) is 5.69. The van der Waals surface area contributed by atoms with Crippen molar-refractivity contribution in [2.75, 3.05) is 36.4 Å². The maximum atomic E-state index is 13.8. The van der Waals surface area contributed by atoms with Crippen LogP contribution in [0.25, 0.3) is 0 Å². The van der Waals surface area contributed by atoms with E-state index in [9.17, 15) is 9.18 Å². The standard InChI is InChI=1S/C22H22FN3OS/c23-20-5-2-1-4-17(20)16-25-11-13-26(14-12-25)19-9-7-18(8-10-19)24-22(27)21-6-3-15-28-21/h1-10,15H,11-14,16H2,(H,24,27). The van der Waals surface area contributed by atoms with E-state index in [-0.39, 0.29) is 11.7 Å². The first-order chi connectivity index (χ1) is 13.7. The Morgan fingerprint density at radius 2 is 1.71 bits per heavy atom. The van der Waals surface area contributed by atoms with E-state index in [4.69, 9.17) is 0 Å². The molecule has 144 valence electrons. The van der Waals surface area contributed by atoms with Crippen LogP contribution < -0.4 is 10.2 Å². The second kappa shape index (κ2) is 8.54. The summed E-state index contributed by atoms with van der Waals surface area (Å²) in [5.41, 5.74) is 2.68. The molecule has 2 heterocycles. The van der Waals surface area contributed by atoms with Crippen molar-refractivity contribution >= 4 is 28.6 Å². The van der Waals surface area contributed by atoms with Gasteiger partial charge >= 0.3 is 0 Å². The molecule has 0 spiro atoms. The number of halogens is 1. The van der Waals surface area contributed by atoms with Crippen molar-refractivity contribution in [1.82, 2.24) is 4.90 Å². The third-order valence-electron chi connectivity index (χ3n) is 4.96. The van der Waals surface area contributed by atoms with E-state index < -0.39 is 0 Å². The van der Waals surface area contributed by atoms with Crippen LogP contribution in [0.1, 0.15) is 15.2 Å². The number of nitrogens with one attached hydrogen (secondary N) is 1. The molecule has 1 aliphatic heterocycles. The Morgan fingerprint density at radius 1 is 0.964 bits per heavy atom. The molecule has 4 nitrogen and oxygen atoms in total. The second-order valence-electron chi connectivity index (χ2n) is 6.83. The molecule has 2 aromatic carbocycles. The highest BCUT2D eigenvalue weighted by atomic mass is 32.1. The van der Waals surface area contributed by atoms with E-state index in [2.05, 4.69) is 15.1 Å². The number of hydrogen-bond acceptors (Lipinski definition) is 4. The summed E-state index contributed by atoms with van der Waals surface area (Å²) in [5.74, 6) is -0.213. The van der Waals surface area contributed by atoms with Gasteiger partial charge in [0.15, 0.2) is 0 Å². The molecule has 1 saturated heterocycles. The smallest absolute Gasteiger partial charge is 0.265 e. The minimum Gasteiger partial charge on any atom is -0.369 e. The average Bonchev–Trinajstić information content (AvgIpc) is 3.26. The molecule has 1 fully saturated rings. The van der Waals surface area contributed by atoms with Crippen molar-refractivity contribution in [1.29, 1.82) is 0 Å². The number of rotatable bonds is 5. The Balaban J connectivity index is 1.31. The zero-order chi connectivity index (χ0) is 19.3. The van der Waals surface area contributed by atoms with Crippen LogP contribution in [0, 0.1) is 5.82 Å². The lowest BCUT2D eigenvalue weighted by molar-refractivity contribution is 0.103. The zero-order valence-electron chi connectivity index (χ0n) is 15.5. The molecular weight excluding hydrogens is 373 g/mol. The monoisotopic (exact) mass is 395 g/mol. The van der Waals surface area contributed by atoms with E-state index in [1.165, 1.54) is 17.4 Å². The van der Waals surface area contributed by atoms with E-state index >= 15 is 0 Å². The average molecular weight is 396 g/mol. The number of thiophene rings is 1. The largest absolute Gasteiger partial charge is 0.369 e. The number of carbonyl (C=O) groups is 1. The SMILES string of the molecule is O=C(Nc1ccc(N2CCN(Cc3ccccc3F)CC2)cc1)c1cccs1. The summed E-state index contributed by atoms with van der Waals surface area (Å²) in [4.78, 5) is 17.4. The molecule has 28 heavy (non-hydrogen) atoms. The zero-order valence-corrected chi connectivity index (χ0v) is 16.3. The number of benzene rings is 2. The molecule has 1 N–H and O–H groups in total. The number of anilines is 2. The third-order valence-corrected chi connectivity index (χ3v) is 5.83. The van der Waals surface area contributed by atoms with Gasteiger partial charge in [0, 0.05) is 49.7 Å². The molecule has 0 unspecified atom stereocenters. The Bertz CT molecular complexity index is 919. The van der Waals surface area contributed by atoms with Gasteiger partial charge in [-0.15, -0.1) is 11.3 Å².